The molecule has 1 aliphatic heterocycles. The van der Waals surface area contributed by atoms with E-state index in [1.165, 1.54) is 30.2 Å². The molecule has 0 bridgehead atoms. The van der Waals surface area contributed by atoms with Crippen LogP contribution in [-0.2, 0) is 5.54 Å². The van der Waals surface area contributed by atoms with Crippen LogP contribution < -0.4 is 11.1 Å². The zero-order valence-electron chi connectivity index (χ0n) is 13.3. The molecule has 24 heavy (non-hydrogen) atoms. The average molecular weight is 348 g/mol. The van der Waals surface area contributed by atoms with E-state index in [4.69, 9.17) is 10.2 Å². The Hall–Kier alpha value is -2.35. The van der Waals surface area contributed by atoms with Gasteiger partial charge in [0.25, 0.3) is 5.91 Å². The van der Waals surface area contributed by atoms with Gasteiger partial charge in [-0.2, -0.15) is 0 Å². The molecule has 8 heteroatoms. The molecular formula is C16H17FN4O2S. The molecule has 1 amide bonds. The van der Waals surface area contributed by atoms with E-state index in [9.17, 15) is 9.18 Å². The minimum Gasteiger partial charge on any atom is -0.448 e. The van der Waals surface area contributed by atoms with Crippen LogP contribution in [0.3, 0.4) is 0 Å². The first-order valence-electron chi connectivity index (χ1n) is 7.39. The first kappa shape index (κ1) is 16.5. The number of nitrogens with two attached hydrogens (primary N) is 1. The summed E-state index contributed by atoms with van der Waals surface area (Å²) >= 11 is 1.45. The molecule has 2 heterocycles. The molecule has 2 aromatic rings. The number of amidine groups is 1. The van der Waals surface area contributed by atoms with Crippen molar-refractivity contribution in [3.05, 3.63) is 47.4 Å². The van der Waals surface area contributed by atoms with Crippen molar-refractivity contribution in [2.75, 3.05) is 11.1 Å². The summed E-state index contributed by atoms with van der Waals surface area (Å²) in [6, 6.07) is 4.41. The Morgan fingerprint density at radius 3 is 2.96 bits per heavy atom. The van der Waals surface area contributed by atoms with Crippen molar-refractivity contribution in [3.63, 3.8) is 0 Å². The lowest BCUT2D eigenvalue weighted by Gasteiger charge is -2.30. The lowest BCUT2D eigenvalue weighted by molar-refractivity contribution is 0.102. The number of oxazole rings is 1. The van der Waals surface area contributed by atoms with Crippen molar-refractivity contribution >= 4 is 28.5 Å². The van der Waals surface area contributed by atoms with Gasteiger partial charge in [-0.05, 0) is 31.5 Å². The lowest BCUT2D eigenvalue weighted by Crippen LogP contribution is -2.29. The molecule has 1 aromatic heterocycles. The van der Waals surface area contributed by atoms with Gasteiger partial charge in [-0.1, -0.05) is 11.8 Å². The molecule has 0 aliphatic carbocycles. The largest absolute Gasteiger partial charge is 0.448 e. The summed E-state index contributed by atoms with van der Waals surface area (Å²) in [5, 5.41) is 3.13. The number of rotatable bonds is 3. The quantitative estimate of drug-likeness (QED) is 0.889. The molecule has 3 N–H and O–H groups in total. The van der Waals surface area contributed by atoms with Crippen LogP contribution in [-0.4, -0.2) is 21.8 Å². The van der Waals surface area contributed by atoms with Crippen molar-refractivity contribution < 1.29 is 13.6 Å². The van der Waals surface area contributed by atoms with Gasteiger partial charge in [-0.3, -0.25) is 9.79 Å². The summed E-state index contributed by atoms with van der Waals surface area (Å²) in [6.07, 6.45) is 1.94. The van der Waals surface area contributed by atoms with Crippen molar-refractivity contribution in [2.45, 2.75) is 25.8 Å². The normalized spacial score (nSPS) is 20.5. The van der Waals surface area contributed by atoms with E-state index >= 15 is 0 Å². The maximum Gasteiger partial charge on any atom is 0.277 e. The number of aliphatic imine (C=N–C) groups is 1. The number of nitrogens with one attached hydrogen (secondary N) is 1. The summed E-state index contributed by atoms with van der Waals surface area (Å²) in [7, 11) is 0. The van der Waals surface area contributed by atoms with Crippen LogP contribution in [0.5, 0.6) is 0 Å². The van der Waals surface area contributed by atoms with E-state index in [-0.39, 0.29) is 11.5 Å². The molecule has 0 unspecified atom stereocenters. The molecule has 0 saturated carbocycles. The number of thioether (sulfide) groups is 1. The van der Waals surface area contributed by atoms with Gasteiger partial charge < -0.3 is 15.5 Å². The molecule has 3 rings (SSSR count). The van der Waals surface area contributed by atoms with E-state index < -0.39 is 11.4 Å². The van der Waals surface area contributed by atoms with Gasteiger partial charge in [-0.15, -0.1) is 0 Å². The fourth-order valence-electron chi connectivity index (χ4n) is 2.56. The van der Waals surface area contributed by atoms with E-state index in [0.29, 0.717) is 28.7 Å². The van der Waals surface area contributed by atoms with Crippen LogP contribution in [0.25, 0.3) is 0 Å². The minimum atomic E-state index is -0.745. The topological polar surface area (TPSA) is 93.5 Å². The number of benzene rings is 1. The smallest absolute Gasteiger partial charge is 0.277 e. The zero-order chi connectivity index (χ0) is 17.3. The highest BCUT2D eigenvalue weighted by Gasteiger charge is 2.32. The minimum absolute atomic E-state index is 0.168. The van der Waals surface area contributed by atoms with Crippen molar-refractivity contribution in [2.24, 2.45) is 10.7 Å². The average Bonchev–Trinajstić information content (AvgIpc) is 2.95. The number of amides is 1. The number of nitrogens with zero attached hydrogens (tertiary/aromatic N) is 2. The maximum atomic E-state index is 14.3. The fourth-order valence-corrected chi connectivity index (χ4v) is 3.53. The molecule has 0 radical (unpaired) electrons. The van der Waals surface area contributed by atoms with Crippen molar-refractivity contribution in [1.82, 2.24) is 4.98 Å². The molecule has 0 saturated heterocycles. The number of halogens is 1. The highest BCUT2D eigenvalue weighted by atomic mass is 32.2. The number of hydrogen-bond donors (Lipinski definition) is 2. The van der Waals surface area contributed by atoms with Crippen LogP contribution in [0, 0.1) is 12.7 Å². The summed E-state index contributed by atoms with van der Waals surface area (Å²) in [5.74, 6) is 0.366. The lowest BCUT2D eigenvalue weighted by atomic mass is 9.89. The van der Waals surface area contributed by atoms with Gasteiger partial charge in [0.1, 0.15) is 12.1 Å². The Morgan fingerprint density at radius 2 is 2.29 bits per heavy atom. The van der Waals surface area contributed by atoms with Gasteiger partial charge in [0.05, 0.1) is 5.54 Å². The SMILES string of the molecule is Cc1nc(C(=O)Nc2ccc(F)c([C@]3(C)CCSC(N)=N3)c2)co1. The third kappa shape index (κ3) is 3.28. The Morgan fingerprint density at radius 1 is 1.50 bits per heavy atom. The number of anilines is 1. The van der Waals surface area contributed by atoms with Crippen LogP contribution >= 0.6 is 11.8 Å². The van der Waals surface area contributed by atoms with E-state index in [0.717, 1.165) is 5.75 Å². The van der Waals surface area contributed by atoms with Gasteiger partial charge in [0.15, 0.2) is 16.8 Å². The maximum absolute atomic E-state index is 14.3. The number of aryl methyl sites for hydroxylation is 1. The van der Waals surface area contributed by atoms with Crippen molar-refractivity contribution in [1.29, 1.82) is 0 Å². The predicted octanol–water partition coefficient (Wildman–Crippen LogP) is 3.04. The van der Waals surface area contributed by atoms with Crippen LogP contribution in [0.4, 0.5) is 10.1 Å². The molecule has 1 aliphatic rings. The molecule has 1 atom stereocenters. The second-order valence-corrected chi connectivity index (χ2v) is 6.84. The Balaban J connectivity index is 1.89. The van der Waals surface area contributed by atoms with Crippen LogP contribution in [0.15, 0.2) is 33.9 Å². The van der Waals surface area contributed by atoms with Crippen LogP contribution in [0.2, 0.25) is 0 Å². The van der Waals surface area contributed by atoms with E-state index in [2.05, 4.69) is 15.3 Å². The zero-order valence-corrected chi connectivity index (χ0v) is 14.1. The summed E-state index contributed by atoms with van der Waals surface area (Å²) < 4.78 is 19.4. The second-order valence-electron chi connectivity index (χ2n) is 5.72. The third-order valence-corrected chi connectivity index (χ3v) is 4.65. The van der Waals surface area contributed by atoms with E-state index in [1.54, 1.807) is 13.0 Å². The number of aromatic nitrogens is 1. The number of carbonyl (C=O) groups excluding carboxylic acids is 1. The molecule has 126 valence electrons. The highest BCUT2D eigenvalue weighted by Crippen LogP contribution is 2.37. The molecule has 6 nitrogen and oxygen atoms in total. The van der Waals surface area contributed by atoms with Gasteiger partial charge in [0, 0.05) is 23.9 Å². The first-order valence-corrected chi connectivity index (χ1v) is 8.37. The van der Waals surface area contributed by atoms with Crippen LogP contribution in [0.1, 0.15) is 35.3 Å². The first-order chi connectivity index (χ1) is 11.4. The Labute approximate surface area is 142 Å². The summed E-state index contributed by atoms with van der Waals surface area (Å²) in [5.41, 5.74) is 6.08. The monoisotopic (exact) mass is 348 g/mol. The van der Waals surface area contributed by atoms with Gasteiger partial charge >= 0.3 is 0 Å². The molecule has 0 spiro atoms. The van der Waals surface area contributed by atoms with E-state index in [1.807, 2.05) is 6.92 Å². The fraction of sp³-hybridized carbons (Fsp3) is 0.312. The second kappa shape index (κ2) is 6.27. The number of carbonyl (C=O) groups is 1. The van der Waals surface area contributed by atoms with Crippen molar-refractivity contribution in [3.8, 4) is 0 Å². The molecule has 0 fully saturated rings. The van der Waals surface area contributed by atoms with Gasteiger partial charge in [0.2, 0.25) is 0 Å². The number of hydrogen-bond acceptors (Lipinski definition) is 6. The van der Waals surface area contributed by atoms with Gasteiger partial charge in [-0.25, -0.2) is 9.37 Å². The highest BCUT2D eigenvalue weighted by molar-refractivity contribution is 8.13. The predicted molar refractivity (Wildman–Crippen MR) is 91.6 cm³/mol. The standard InChI is InChI=1S/C16H17FN4O2S/c1-9-19-13(8-23-9)14(22)20-10-3-4-12(17)11(7-10)16(2)5-6-24-15(18)21-16/h3-4,7-8H,5-6H2,1-2H3,(H2,18,21)(H,20,22)/t16-/m0/s1. The molecule has 1 aromatic carbocycles. The third-order valence-electron chi connectivity index (χ3n) is 3.85. The summed E-state index contributed by atoms with van der Waals surface area (Å²) in [6.45, 7) is 3.49. The Bertz CT molecular complexity index is 820. The Kier molecular flexibility index (Phi) is 4.31. The molecular weight excluding hydrogens is 331 g/mol. The summed E-state index contributed by atoms with van der Waals surface area (Å²) in [4.78, 5) is 20.5.